The number of piperidine rings is 1. The number of carbonyl (C=O) groups excluding carboxylic acids is 2. The third-order valence-corrected chi connectivity index (χ3v) is 5.03. The van der Waals surface area contributed by atoms with Crippen molar-refractivity contribution in [3.63, 3.8) is 0 Å². The van der Waals surface area contributed by atoms with Gasteiger partial charge in [0.1, 0.15) is 5.65 Å². The van der Waals surface area contributed by atoms with Crippen LogP contribution in [-0.2, 0) is 4.79 Å². The molecular formula is C17H21N5O2. The Labute approximate surface area is 140 Å². The Bertz CT molecular complexity index is 763. The molecule has 2 N–H and O–H groups in total. The van der Waals surface area contributed by atoms with E-state index in [1.165, 1.54) is 15.8 Å². The molecule has 2 saturated heterocycles. The fourth-order valence-electron chi connectivity index (χ4n) is 3.70. The smallest absolute Gasteiger partial charge is 0.324 e. The van der Waals surface area contributed by atoms with E-state index >= 15 is 0 Å². The van der Waals surface area contributed by atoms with E-state index in [-0.39, 0.29) is 11.9 Å². The highest BCUT2D eigenvalue weighted by molar-refractivity contribution is 5.96. The number of carbonyl (C=O) groups is 2. The van der Waals surface area contributed by atoms with Gasteiger partial charge in [-0.3, -0.25) is 14.6 Å². The zero-order chi connectivity index (χ0) is 16.5. The predicted octanol–water partition coefficient (Wildman–Crippen LogP) is 1.29. The molecule has 2 aliphatic rings. The fourth-order valence-corrected chi connectivity index (χ4v) is 3.70. The maximum Gasteiger partial charge on any atom is 0.324 e. The number of pyridine rings is 1. The minimum atomic E-state index is -0.263. The average molecular weight is 327 g/mol. The van der Waals surface area contributed by atoms with Gasteiger partial charge in [0.15, 0.2) is 0 Å². The molecule has 2 fully saturated rings. The monoisotopic (exact) mass is 327 g/mol. The fraction of sp³-hybridized carbons (Fsp3) is 0.471. The normalized spacial score (nSPS) is 19.8. The summed E-state index contributed by atoms with van der Waals surface area (Å²) in [5.41, 5.74) is 2.26. The van der Waals surface area contributed by atoms with E-state index in [2.05, 4.69) is 32.4 Å². The number of aromatic nitrogens is 2. The molecule has 0 radical (unpaired) electrons. The molecule has 24 heavy (non-hydrogen) atoms. The quantitative estimate of drug-likeness (QED) is 0.890. The lowest BCUT2D eigenvalue weighted by molar-refractivity contribution is -0.129. The van der Waals surface area contributed by atoms with Gasteiger partial charge in [-0.05, 0) is 49.5 Å². The van der Waals surface area contributed by atoms with Crippen molar-refractivity contribution in [3.05, 3.63) is 30.1 Å². The van der Waals surface area contributed by atoms with E-state index < -0.39 is 0 Å². The van der Waals surface area contributed by atoms with Crippen LogP contribution in [0.2, 0.25) is 0 Å². The van der Waals surface area contributed by atoms with Crippen molar-refractivity contribution < 1.29 is 9.59 Å². The first kappa shape index (κ1) is 15.1. The zero-order valence-corrected chi connectivity index (χ0v) is 13.5. The number of urea groups is 1. The lowest BCUT2D eigenvalue weighted by Crippen LogP contribution is -2.44. The Morgan fingerprint density at radius 2 is 2.12 bits per heavy atom. The minimum absolute atomic E-state index is 0.0975. The Morgan fingerprint density at radius 1 is 1.29 bits per heavy atom. The molecule has 0 spiro atoms. The summed E-state index contributed by atoms with van der Waals surface area (Å²) in [5.74, 6) is 0.393. The number of nitrogens with one attached hydrogen (secondary N) is 2. The van der Waals surface area contributed by atoms with Crippen LogP contribution >= 0.6 is 0 Å². The number of fused-ring (bicyclic) bond motifs is 1. The van der Waals surface area contributed by atoms with Gasteiger partial charge >= 0.3 is 6.03 Å². The summed E-state index contributed by atoms with van der Waals surface area (Å²) in [6, 6.07) is 3.81. The predicted molar refractivity (Wildman–Crippen MR) is 89.6 cm³/mol. The molecule has 0 aliphatic carbocycles. The molecule has 0 aromatic carbocycles. The van der Waals surface area contributed by atoms with Crippen LogP contribution in [-0.4, -0.2) is 64.4 Å². The SMILES string of the molecule is O=C(CN1CCC(c2c[nH]c3ncccc23)CC1)N1CCNC1=O. The molecule has 0 saturated carbocycles. The highest BCUT2D eigenvalue weighted by atomic mass is 16.2. The molecule has 0 unspecified atom stereocenters. The zero-order valence-electron chi connectivity index (χ0n) is 13.5. The van der Waals surface area contributed by atoms with Gasteiger partial charge in [0.2, 0.25) is 5.91 Å². The van der Waals surface area contributed by atoms with Crippen LogP contribution in [0.3, 0.4) is 0 Å². The highest BCUT2D eigenvalue weighted by Crippen LogP contribution is 2.32. The van der Waals surface area contributed by atoms with Gasteiger partial charge in [-0.15, -0.1) is 0 Å². The average Bonchev–Trinajstić information content (AvgIpc) is 3.22. The molecule has 4 rings (SSSR count). The van der Waals surface area contributed by atoms with E-state index in [1.807, 2.05) is 6.07 Å². The molecule has 0 bridgehead atoms. The molecule has 2 aromatic heterocycles. The molecule has 7 nitrogen and oxygen atoms in total. The summed E-state index contributed by atoms with van der Waals surface area (Å²) in [7, 11) is 0. The first-order valence-electron chi connectivity index (χ1n) is 8.45. The van der Waals surface area contributed by atoms with Crippen molar-refractivity contribution in [3.8, 4) is 0 Å². The van der Waals surface area contributed by atoms with Crippen LogP contribution < -0.4 is 5.32 Å². The Kier molecular flexibility index (Phi) is 3.93. The van der Waals surface area contributed by atoms with Crippen LogP contribution in [0, 0.1) is 0 Å². The van der Waals surface area contributed by atoms with Crippen molar-refractivity contribution in [2.45, 2.75) is 18.8 Å². The Balaban J connectivity index is 1.37. The van der Waals surface area contributed by atoms with E-state index in [0.717, 1.165) is 31.6 Å². The first-order valence-corrected chi connectivity index (χ1v) is 8.45. The highest BCUT2D eigenvalue weighted by Gasteiger charge is 2.29. The number of nitrogens with zero attached hydrogens (tertiary/aromatic N) is 3. The van der Waals surface area contributed by atoms with Gasteiger partial charge in [0, 0.05) is 30.9 Å². The van der Waals surface area contributed by atoms with E-state index in [4.69, 9.17) is 0 Å². The third-order valence-electron chi connectivity index (χ3n) is 5.03. The summed E-state index contributed by atoms with van der Waals surface area (Å²) in [6.07, 6.45) is 5.89. The lowest BCUT2D eigenvalue weighted by Gasteiger charge is -2.32. The molecule has 2 aliphatic heterocycles. The molecule has 7 heteroatoms. The summed E-state index contributed by atoms with van der Waals surface area (Å²) in [6.45, 7) is 3.12. The van der Waals surface area contributed by atoms with E-state index in [0.29, 0.717) is 25.6 Å². The summed E-state index contributed by atoms with van der Waals surface area (Å²) >= 11 is 0. The standard InChI is InChI=1S/C17H21N5O2/c23-15(22-9-6-19-17(22)24)11-21-7-3-12(4-8-21)14-10-20-16-13(14)2-1-5-18-16/h1-2,5,10,12H,3-4,6-9,11H2,(H,18,20)(H,19,24). The third kappa shape index (κ3) is 2.75. The van der Waals surface area contributed by atoms with Crippen LogP contribution in [0.4, 0.5) is 4.79 Å². The Morgan fingerprint density at radius 3 is 2.88 bits per heavy atom. The van der Waals surface area contributed by atoms with Gasteiger partial charge < -0.3 is 10.3 Å². The van der Waals surface area contributed by atoms with Crippen molar-refractivity contribution in [2.75, 3.05) is 32.7 Å². The molecular weight excluding hydrogens is 306 g/mol. The molecule has 2 aromatic rings. The van der Waals surface area contributed by atoms with E-state index in [1.54, 1.807) is 6.20 Å². The topological polar surface area (TPSA) is 81.3 Å². The number of aromatic amines is 1. The summed E-state index contributed by atoms with van der Waals surface area (Å²) < 4.78 is 0. The number of hydrogen-bond acceptors (Lipinski definition) is 4. The molecule has 126 valence electrons. The van der Waals surface area contributed by atoms with Crippen molar-refractivity contribution in [2.24, 2.45) is 0 Å². The number of imide groups is 1. The second kappa shape index (κ2) is 6.24. The van der Waals surface area contributed by atoms with Gasteiger partial charge in [-0.1, -0.05) is 0 Å². The largest absolute Gasteiger partial charge is 0.346 e. The second-order valence-corrected chi connectivity index (χ2v) is 6.47. The van der Waals surface area contributed by atoms with Crippen LogP contribution in [0.5, 0.6) is 0 Å². The van der Waals surface area contributed by atoms with E-state index in [9.17, 15) is 9.59 Å². The van der Waals surface area contributed by atoms with Crippen LogP contribution in [0.15, 0.2) is 24.5 Å². The van der Waals surface area contributed by atoms with Gasteiger partial charge in [0.05, 0.1) is 6.54 Å². The number of amides is 3. The first-order chi connectivity index (χ1) is 11.7. The van der Waals surface area contributed by atoms with Crippen molar-refractivity contribution in [1.29, 1.82) is 0 Å². The number of H-pyrrole nitrogens is 1. The van der Waals surface area contributed by atoms with Crippen LogP contribution in [0.25, 0.3) is 11.0 Å². The summed E-state index contributed by atoms with van der Waals surface area (Å²) in [5, 5.41) is 3.86. The van der Waals surface area contributed by atoms with Crippen molar-refractivity contribution >= 4 is 23.0 Å². The second-order valence-electron chi connectivity index (χ2n) is 6.47. The van der Waals surface area contributed by atoms with Gasteiger partial charge in [-0.25, -0.2) is 9.78 Å². The maximum atomic E-state index is 12.2. The minimum Gasteiger partial charge on any atom is -0.346 e. The van der Waals surface area contributed by atoms with Crippen molar-refractivity contribution in [1.82, 2.24) is 25.1 Å². The summed E-state index contributed by atoms with van der Waals surface area (Å²) in [4.78, 5) is 34.8. The number of hydrogen-bond donors (Lipinski definition) is 2. The molecule has 4 heterocycles. The van der Waals surface area contributed by atoms with Gasteiger partial charge in [-0.2, -0.15) is 0 Å². The van der Waals surface area contributed by atoms with Crippen LogP contribution in [0.1, 0.15) is 24.3 Å². The number of likely N-dealkylation sites (tertiary alicyclic amines) is 1. The maximum absolute atomic E-state index is 12.2. The number of rotatable bonds is 3. The van der Waals surface area contributed by atoms with Gasteiger partial charge in [0.25, 0.3) is 0 Å². The molecule has 0 atom stereocenters. The molecule has 3 amide bonds. The lowest BCUT2D eigenvalue weighted by atomic mass is 9.89. The Hall–Kier alpha value is -2.41.